The second-order valence-corrected chi connectivity index (χ2v) is 6.94. The largest absolute Gasteiger partial charge is 0.497 e. The van der Waals surface area contributed by atoms with Gasteiger partial charge in [-0.05, 0) is 47.0 Å². The molecular formula is C26H23NO3. The summed E-state index contributed by atoms with van der Waals surface area (Å²) in [5.41, 5.74) is 4.44. The second kappa shape index (κ2) is 8.70. The van der Waals surface area contributed by atoms with E-state index in [2.05, 4.69) is 23.1 Å². The van der Waals surface area contributed by atoms with Gasteiger partial charge in [-0.15, -0.1) is 0 Å². The van der Waals surface area contributed by atoms with E-state index < -0.39 is 0 Å². The van der Waals surface area contributed by atoms with E-state index in [9.17, 15) is 4.79 Å². The molecule has 1 heterocycles. The normalized spacial score (nSPS) is 15.8. The van der Waals surface area contributed by atoms with Gasteiger partial charge in [0.1, 0.15) is 5.75 Å². The Morgan fingerprint density at radius 1 is 0.833 bits per heavy atom. The van der Waals surface area contributed by atoms with Crippen LogP contribution in [0.5, 0.6) is 5.75 Å². The maximum absolute atomic E-state index is 12.7. The van der Waals surface area contributed by atoms with E-state index in [1.165, 1.54) is 7.11 Å². The molecule has 3 aromatic carbocycles. The fourth-order valence-corrected chi connectivity index (χ4v) is 3.66. The number of nitrogens with zero attached hydrogens (tertiary/aromatic N) is 1. The molecule has 1 atom stereocenters. The van der Waals surface area contributed by atoms with Crippen molar-refractivity contribution < 1.29 is 14.3 Å². The van der Waals surface area contributed by atoms with Gasteiger partial charge in [0.15, 0.2) is 0 Å². The highest BCUT2D eigenvalue weighted by Crippen LogP contribution is 2.39. The summed E-state index contributed by atoms with van der Waals surface area (Å²) in [4.78, 5) is 14.8. The Hall–Kier alpha value is -3.79. The average molecular weight is 397 g/mol. The van der Waals surface area contributed by atoms with Gasteiger partial charge in [0, 0.05) is 11.9 Å². The number of methoxy groups -OCH3 is 2. The average Bonchev–Trinajstić information content (AvgIpc) is 2.84. The zero-order chi connectivity index (χ0) is 20.9. The number of hydrogen-bond acceptors (Lipinski definition) is 4. The van der Waals surface area contributed by atoms with E-state index in [0.717, 1.165) is 28.1 Å². The molecule has 1 aliphatic heterocycles. The lowest BCUT2D eigenvalue weighted by molar-refractivity contribution is -0.135. The first-order valence-electron chi connectivity index (χ1n) is 9.76. The van der Waals surface area contributed by atoms with Crippen LogP contribution < -0.4 is 9.64 Å². The number of ether oxygens (including phenoxy) is 2. The molecule has 1 aliphatic rings. The molecule has 4 rings (SSSR count). The van der Waals surface area contributed by atoms with Crippen molar-refractivity contribution in [1.29, 1.82) is 0 Å². The zero-order valence-corrected chi connectivity index (χ0v) is 17.0. The Morgan fingerprint density at radius 3 is 2.07 bits per heavy atom. The van der Waals surface area contributed by atoms with Gasteiger partial charge in [-0.3, -0.25) is 0 Å². The lowest BCUT2D eigenvalue weighted by Gasteiger charge is -2.34. The van der Waals surface area contributed by atoms with Crippen molar-refractivity contribution in [3.63, 3.8) is 0 Å². The summed E-state index contributed by atoms with van der Waals surface area (Å²) in [6, 6.07) is 27.9. The van der Waals surface area contributed by atoms with Crippen LogP contribution in [-0.4, -0.2) is 20.2 Å². The fourth-order valence-electron chi connectivity index (χ4n) is 3.66. The lowest BCUT2D eigenvalue weighted by atomic mass is 9.90. The zero-order valence-electron chi connectivity index (χ0n) is 17.0. The van der Waals surface area contributed by atoms with Gasteiger partial charge in [-0.1, -0.05) is 60.7 Å². The molecule has 0 aliphatic carbocycles. The van der Waals surface area contributed by atoms with Crippen LogP contribution in [0.25, 0.3) is 5.57 Å². The van der Waals surface area contributed by atoms with E-state index >= 15 is 0 Å². The summed E-state index contributed by atoms with van der Waals surface area (Å²) in [5.74, 6) is 0.417. The Kier molecular flexibility index (Phi) is 5.66. The summed E-state index contributed by atoms with van der Waals surface area (Å²) >= 11 is 0. The number of esters is 1. The van der Waals surface area contributed by atoms with Gasteiger partial charge in [0.2, 0.25) is 0 Å². The number of anilines is 1. The monoisotopic (exact) mass is 397 g/mol. The summed E-state index contributed by atoms with van der Waals surface area (Å²) in [6.07, 6.45) is 4.01. The van der Waals surface area contributed by atoms with E-state index in [0.29, 0.717) is 5.57 Å². The molecule has 4 nitrogen and oxygen atoms in total. The van der Waals surface area contributed by atoms with Crippen LogP contribution in [0, 0.1) is 0 Å². The van der Waals surface area contributed by atoms with Crippen molar-refractivity contribution in [3.05, 3.63) is 114 Å². The highest BCUT2D eigenvalue weighted by atomic mass is 16.5. The van der Waals surface area contributed by atoms with Crippen LogP contribution in [0.1, 0.15) is 17.2 Å². The van der Waals surface area contributed by atoms with Crippen molar-refractivity contribution in [2.24, 2.45) is 0 Å². The van der Waals surface area contributed by atoms with Crippen LogP contribution in [0.4, 0.5) is 5.69 Å². The number of carbonyl (C=O) groups is 1. The first-order chi connectivity index (χ1) is 14.7. The first kappa shape index (κ1) is 19.5. The third-order valence-corrected chi connectivity index (χ3v) is 5.18. The van der Waals surface area contributed by atoms with E-state index in [-0.39, 0.29) is 12.0 Å². The van der Waals surface area contributed by atoms with Crippen molar-refractivity contribution in [2.75, 3.05) is 19.1 Å². The van der Waals surface area contributed by atoms with Gasteiger partial charge in [-0.25, -0.2) is 4.79 Å². The van der Waals surface area contributed by atoms with Crippen molar-refractivity contribution in [1.82, 2.24) is 0 Å². The first-order valence-corrected chi connectivity index (χ1v) is 9.76. The van der Waals surface area contributed by atoms with Crippen LogP contribution in [-0.2, 0) is 9.53 Å². The molecule has 4 heteroatoms. The smallest absolute Gasteiger partial charge is 0.339 e. The Bertz CT molecular complexity index is 1070. The number of carbonyl (C=O) groups excluding carboxylic acids is 1. The molecule has 0 amide bonds. The minimum Gasteiger partial charge on any atom is -0.497 e. The molecule has 0 bridgehead atoms. The molecule has 0 aromatic heterocycles. The number of hydrogen-bond donors (Lipinski definition) is 0. The van der Waals surface area contributed by atoms with Gasteiger partial charge >= 0.3 is 5.97 Å². The fraction of sp³-hybridized carbons (Fsp3) is 0.115. The second-order valence-electron chi connectivity index (χ2n) is 6.94. The highest BCUT2D eigenvalue weighted by Gasteiger charge is 2.29. The van der Waals surface area contributed by atoms with E-state index in [4.69, 9.17) is 9.47 Å². The maximum atomic E-state index is 12.7. The third kappa shape index (κ3) is 3.85. The topological polar surface area (TPSA) is 38.8 Å². The van der Waals surface area contributed by atoms with E-state index in [1.807, 2.05) is 79.0 Å². The molecule has 0 N–H and O–H groups in total. The molecule has 0 saturated carbocycles. The highest BCUT2D eigenvalue weighted by molar-refractivity contribution is 6.07. The van der Waals surface area contributed by atoms with Crippen molar-refractivity contribution in [2.45, 2.75) is 6.04 Å². The molecule has 0 saturated heterocycles. The molecule has 1 unspecified atom stereocenters. The predicted molar refractivity (Wildman–Crippen MR) is 119 cm³/mol. The molecule has 0 fully saturated rings. The summed E-state index contributed by atoms with van der Waals surface area (Å²) in [7, 11) is 3.06. The minimum absolute atomic E-state index is 0.0804. The molecule has 150 valence electrons. The van der Waals surface area contributed by atoms with Gasteiger partial charge in [0.25, 0.3) is 0 Å². The van der Waals surface area contributed by atoms with Crippen molar-refractivity contribution >= 4 is 17.2 Å². The van der Waals surface area contributed by atoms with Crippen LogP contribution in [0.3, 0.4) is 0 Å². The molecule has 0 spiro atoms. The SMILES string of the molecule is COC(=O)C1=CN(c2ccc(OC)cc2)C(c2ccccc2)C=C1c1ccccc1. The summed E-state index contributed by atoms with van der Waals surface area (Å²) in [6.45, 7) is 0. The Morgan fingerprint density at radius 2 is 1.47 bits per heavy atom. The van der Waals surface area contributed by atoms with E-state index in [1.54, 1.807) is 7.11 Å². The molecular weight excluding hydrogens is 374 g/mol. The molecule has 30 heavy (non-hydrogen) atoms. The summed E-state index contributed by atoms with van der Waals surface area (Å²) < 4.78 is 10.4. The maximum Gasteiger partial charge on any atom is 0.339 e. The molecule has 0 radical (unpaired) electrons. The summed E-state index contributed by atoms with van der Waals surface area (Å²) in [5, 5.41) is 0. The van der Waals surface area contributed by atoms with Crippen LogP contribution >= 0.6 is 0 Å². The van der Waals surface area contributed by atoms with Crippen LogP contribution in [0.2, 0.25) is 0 Å². The minimum atomic E-state index is -0.366. The van der Waals surface area contributed by atoms with Gasteiger partial charge in [-0.2, -0.15) is 0 Å². The van der Waals surface area contributed by atoms with Gasteiger partial charge in [0.05, 0.1) is 25.8 Å². The van der Waals surface area contributed by atoms with Crippen LogP contribution in [0.15, 0.2) is 103 Å². The van der Waals surface area contributed by atoms with Gasteiger partial charge < -0.3 is 14.4 Å². The quantitative estimate of drug-likeness (QED) is 0.541. The third-order valence-electron chi connectivity index (χ3n) is 5.18. The molecule has 3 aromatic rings. The number of benzene rings is 3. The Balaban J connectivity index is 1.87. The Labute approximate surface area is 176 Å². The van der Waals surface area contributed by atoms with Crippen molar-refractivity contribution in [3.8, 4) is 5.75 Å². The standard InChI is InChI=1S/C26H23NO3/c1-29-22-15-13-21(14-16-22)27-18-24(26(28)30-2)23(19-9-5-3-6-10-19)17-25(27)20-11-7-4-8-12-20/h3-18,25H,1-2H3. The predicted octanol–water partition coefficient (Wildman–Crippen LogP) is 5.40. The lowest BCUT2D eigenvalue weighted by Crippen LogP contribution is -2.27. The number of rotatable bonds is 5.